The molecule has 9 heteroatoms. The zero-order valence-electron chi connectivity index (χ0n) is 17.4. The van der Waals surface area contributed by atoms with Gasteiger partial charge in [-0.1, -0.05) is 29.8 Å². The molecule has 168 valence electrons. The van der Waals surface area contributed by atoms with Gasteiger partial charge in [0.2, 0.25) is 10.0 Å². The van der Waals surface area contributed by atoms with Crippen molar-refractivity contribution in [1.82, 2.24) is 4.31 Å². The minimum Gasteiger partial charge on any atom is -0.460 e. The highest BCUT2D eigenvalue weighted by molar-refractivity contribution is 7.89. The Hall–Kier alpha value is -2.68. The summed E-state index contributed by atoms with van der Waals surface area (Å²) in [6.07, 6.45) is 1.75. The molecule has 1 aliphatic heterocycles. The predicted octanol–water partition coefficient (Wildman–Crippen LogP) is 4.04. The van der Waals surface area contributed by atoms with Crippen molar-refractivity contribution in [1.29, 1.82) is 0 Å². The molecule has 0 amide bonds. The first-order valence-electron chi connectivity index (χ1n) is 10.2. The smallest absolute Gasteiger partial charge is 0.336 e. The number of nitrogens with zero attached hydrogens (tertiary/aromatic N) is 1. The van der Waals surface area contributed by atoms with E-state index in [0.29, 0.717) is 40.8 Å². The van der Waals surface area contributed by atoms with Gasteiger partial charge in [-0.2, -0.15) is 4.31 Å². The Morgan fingerprint density at radius 3 is 2.69 bits per heavy atom. The Labute approximate surface area is 190 Å². The molecule has 0 bridgehead atoms. The quantitative estimate of drug-likeness (QED) is 0.408. The van der Waals surface area contributed by atoms with Crippen molar-refractivity contribution >= 4 is 38.6 Å². The van der Waals surface area contributed by atoms with Gasteiger partial charge in [0.25, 0.3) is 0 Å². The lowest BCUT2D eigenvalue weighted by Crippen LogP contribution is -2.48. The van der Waals surface area contributed by atoms with Crippen molar-refractivity contribution < 1.29 is 22.4 Å². The maximum absolute atomic E-state index is 13.1. The maximum atomic E-state index is 13.1. The third-order valence-electron chi connectivity index (χ3n) is 5.55. The highest BCUT2D eigenvalue weighted by atomic mass is 35.5. The molecular weight excluding hydrogens is 454 g/mol. The summed E-state index contributed by atoms with van der Waals surface area (Å²) >= 11 is 6.21. The van der Waals surface area contributed by atoms with Gasteiger partial charge in [0.15, 0.2) is 0 Å². The monoisotopic (exact) mass is 475 g/mol. The Morgan fingerprint density at radius 1 is 1.19 bits per heavy atom. The number of piperidine rings is 1. The summed E-state index contributed by atoms with van der Waals surface area (Å²) in [6.45, 7) is 1.83. The minimum atomic E-state index is -3.84. The fourth-order valence-electron chi connectivity index (χ4n) is 3.87. The van der Waals surface area contributed by atoms with Gasteiger partial charge in [0.1, 0.15) is 18.2 Å². The van der Waals surface area contributed by atoms with Gasteiger partial charge in [0.05, 0.1) is 4.90 Å². The van der Waals surface area contributed by atoms with Gasteiger partial charge in [-0.25, -0.2) is 13.2 Å². The standard InChI is InChI=1S/C23H22ClNO6S/c1-15-11-21-18(13-19(15)24)16(12-22(26)31-21)14-30-23(27)20-9-5-6-10-25(20)32(28,29)17-7-3-2-4-8-17/h2-4,7-8,11-13,20H,5-6,9-10,14H2,1H3. The molecule has 3 aromatic rings. The van der Waals surface area contributed by atoms with E-state index in [2.05, 4.69) is 0 Å². The lowest BCUT2D eigenvalue weighted by Gasteiger charge is -2.33. The molecule has 0 N–H and O–H groups in total. The topological polar surface area (TPSA) is 93.9 Å². The van der Waals surface area contributed by atoms with Crippen LogP contribution in [0.2, 0.25) is 5.02 Å². The number of sulfonamides is 1. The lowest BCUT2D eigenvalue weighted by molar-refractivity contribution is -0.150. The number of fused-ring (bicyclic) bond motifs is 1. The van der Waals surface area contributed by atoms with E-state index in [1.807, 2.05) is 0 Å². The number of rotatable bonds is 5. The van der Waals surface area contributed by atoms with Crippen LogP contribution >= 0.6 is 11.6 Å². The van der Waals surface area contributed by atoms with Crippen LogP contribution in [0.15, 0.2) is 62.6 Å². The fraction of sp³-hybridized carbons (Fsp3) is 0.304. The molecule has 1 fully saturated rings. The molecule has 1 aromatic heterocycles. The van der Waals surface area contributed by atoms with E-state index in [1.165, 1.54) is 22.5 Å². The average Bonchev–Trinajstić information content (AvgIpc) is 2.79. The van der Waals surface area contributed by atoms with E-state index < -0.39 is 27.7 Å². The summed E-state index contributed by atoms with van der Waals surface area (Å²) in [5.41, 5.74) is 0.966. The van der Waals surface area contributed by atoms with Crippen molar-refractivity contribution in [3.05, 3.63) is 75.1 Å². The Bertz CT molecular complexity index is 1320. The highest BCUT2D eigenvalue weighted by Gasteiger charge is 2.38. The molecule has 1 unspecified atom stereocenters. The van der Waals surface area contributed by atoms with Crippen LogP contribution in [0.1, 0.15) is 30.4 Å². The third kappa shape index (κ3) is 4.44. The maximum Gasteiger partial charge on any atom is 0.336 e. The zero-order chi connectivity index (χ0) is 22.9. The fourth-order valence-corrected chi connectivity index (χ4v) is 5.70. The van der Waals surface area contributed by atoms with Crippen LogP contribution in [0.3, 0.4) is 0 Å². The number of carbonyl (C=O) groups excluding carboxylic acids is 1. The van der Waals surface area contributed by atoms with Crippen LogP contribution in [0.4, 0.5) is 0 Å². The van der Waals surface area contributed by atoms with E-state index in [4.69, 9.17) is 20.8 Å². The summed E-state index contributed by atoms with van der Waals surface area (Å²) in [5.74, 6) is -0.649. The first kappa shape index (κ1) is 22.5. The van der Waals surface area contributed by atoms with Crippen LogP contribution in [0, 0.1) is 6.92 Å². The third-order valence-corrected chi connectivity index (χ3v) is 7.88. The van der Waals surface area contributed by atoms with Gasteiger partial charge in [-0.05, 0) is 56.0 Å². The largest absolute Gasteiger partial charge is 0.460 e. The molecule has 0 aliphatic carbocycles. The number of esters is 1. The van der Waals surface area contributed by atoms with Crippen molar-refractivity contribution in [3.8, 4) is 0 Å². The van der Waals surface area contributed by atoms with E-state index >= 15 is 0 Å². The second-order valence-electron chi connectivity index (χ2n) is 7.74. The normalized spacial score (nSPS) is 17.4. The number of halogens is 1. The number of ether oxygens (including phenoxy) is 1. The first-order valence-corrected chi connectivity index (χ1v) is 12.1. The van der Waals surface area contributed by atoms with E-state index in [-0.39, 0.29) is 18.0 Å². The van der Waals surface area contributed by atoms with Gasteiger partial charge >= 0.3 is 11.6 Å². The molecule has 32 heavy (non-hydrogen) atoms. The van der Waals surface area contributed by atoms with E-state index in [0.717, 1.165) is 5.56 Å². The van der Waals surface area contributed by atoms with Crippen molar-refractivity contribution in [2.75, 3.05) is 6.54 Å². The van der Waals surface area contributed by atoms with E-state index in [9.17, 15) is 18.0 Å². The van der Waals surface area contributed by atoms with Crippen LogP contribution in [0.5, 0.6) is 0 Å². The van der Waals surface area contributed by atoms with Crippen LogP contribution in [-0.4, -0.2) is 31.3 Å². The molecule has 4 rings (SSSR count). The molecule has 2 aromatic carbocycles. The van der Waals surface area contributed by atoms with Crippen molar-refractivity contribution in [2.45, 2.75) is 43.7 Å². The van der Waals surface area contributed by atoms with Gasteiger partial charge < -0.3 is 9.15 Å². The molecule has 7 nitrogen and oxygen atoms in total. The highest BCUT2D eigenvalue weighted by Crippen LogP contribution is 2.28. The minimum absolute atomic E-state index is 0.136. The molecular formula is C23H22ClNO6S. The Balaban J connectivity index is 1.58. The van der Waals surface area contributed by atoms with Gasteiger partial charge in [-0.15, -0.1) is 0 Å². The second-order valence-corrected chi connectivity index (χ2v) is 10.0. The molecule has 2 heterocycles. The molecule has 1 atom stereocenters. The number of aryl methyl sites for hydroxylation is 1. The van der Waals surface area contributed by atoms with Crippen molar-refractivity contribution in [3.63, 3.8) is 0 Å². The van der Waals surface area contributed by atoms with Gasteiger partial charge in [0, 0.05) is 28.6 Å². The molecule has 1 aliphatic rings. The number of carbonyl (C=O) groups is 1. The van der Waals surface area contributed by atoms with Crippen molar-refractivity contribution in [2.24, 2.45) is 0 Å². The van der Waals surface area contributed by atoms with Crippen LogP contribution in [-0.2, 0) is 26.2 Å². The molecule has 0 saturated carbocycles. The molecule has 0 spiro atoms. The summed E-state index contributed by atoms with van der Waals surface area (Å²) in [5, 5.41) is 1.05. The summed E-state index contributed by atoms with van der Waals surface area (Å²) in [7, 11) is -3.84. The van der Waals surface area contributed by atoms with Crippen LogP contribution in [0.25, 0.3) is 11.0 Å². The van der Waals surface area contributed by atoms with Gasteiger partial charge in [-0.3, -0.25) is 4.79 Å². The lowest BCUT2D eigenvalue weighted by atomic mass is 10.1. The Kier molecular flexibility index (Phi) is 6.37. The average molecular weight is 476 g/mol. The van der Waals surface area contributed by atoms with E-state index in [1.54, 1.807) is 37.3 Å². The summed E-state index contributed by atoms with van der Waals surface area (Å²) < 4.78 is 38.2. The number of hydrogen-bond donors (Lipinski definition) is 0. The number of benzene rings is 2. The second kappa shape index (κ2) is 9.05. The van der Waals surface area contributed by atoms with Crippen LogP contribution < -0.4 is 5.63 Å². The Morgan fingerprint density at radius 2 is 1.94 bits per heavy atom. The molecule has 0 radical (unpaired) electrons. The first-order chi connectivity index (χ1) is 15.3. The predicted molar refractivity (Wildman–Crippen MR) is 120 cm³/mol. The summed E-state index contributed by atoms with van der Waals surface area (Å²) in [6, 6.07) is 11.7. The molecule has 1 saturated heterocycles. The summed E-state index contributed by atoms with van der Waals surface area (Å²) in [4.78, 5) is 25.0. The number of hydrogen-bond acceptors (Lipinski definition) is 6. The zero-order valence-corrected chi connectivity index (χ0v) is 19.0. The SMILES string of the molecule is Cc1cc2oc(=O)cc(COC(=O)C3CCCCN3S(=O)(=O)c3ccccc3)c2cc1Cl.